The topological polar surface area (TPSA) is 74.5 Å². The van der Waals surface area contributed by atoms with Gasteiger partial charge in [0.15, 0.2) is 0 Å². The Labute approximate surface area is 152 Å². The van der Waals surface area contributed by atoms with Gasteiger partial charge in [0.05, 0.1) is 5.01 Å². The van der Waals surface area contributed by atoms with E-state index in [1.54, 1.807) is 5.38 Å². The quantitative estimate of drug-likeness (QED) is 0.820. The van der Waals surface area contributed by atoms with Crippen molar-refractivity contribution in [3.63, 3.8) is 0 Å². The number of rotatable bonds is 6. The largest absolute Gasteiger partial charge is 0.330 e. The summed E-state index contributed by atoms with van der Waals surface area (Å²) in [6.45, 7) is 5.82. The molecule has 134 valence electrons. The monoisotopic (exact) mass is 359 g/mol. The predicted molar refractivity (Wildman–Crippen MR) is 102 cm³/mol. The van der Waals surface area contributed by atoms with Crippen molar-refractivity contribution in [3.8, 4) is 0 Å². The second-order valence-corrected chi connectivity index (χ2v) is 7.34. The number of benzene rings is 1. The van der Waals surface area contributed by atoms with Gasteiger partial charge < -0.3 is 16.0 Å². The number of nitrogens with two attached hydrogens (primary N) is 1. The minimum atomic E-state index is -0.170. The van der Waals surface area contributed by atoms with Crippen molar-refractivity contribution in [2.75, 3.05) is 45.1 Å². The SMILES string of the molecule is CN1CCN(Cc2cccc(NC(=O)c3csc(CCN)n3)c2)CC1. The van der Waals surface area contributed by atoms with Crippen molar-refractivity contribution in [3.05, 3.63) is 45.9 Å². The molecule has 0 radical (unpaired) electrons. The lowest BCUT2D eigenvalue weighted by atomic mass is 10.1. The van der Waals surface area contributed by atoms with Crippen LogP contribution in [0.25, 0.3) is 0 Å². The van der Waals surface area contributed by atoms with Crippen LogP contribution >= 0.6 is 11.3 Å². The van der Waals surface area contributed by atoms with Crippen molar-refractivity contribution >= 4 is 22.9 Å². The van der Waals surface area contributed by atoms with E-state index < -0.39 is 0 Å². The molecule has 0 bridgehead atoms. The van der Waals surface area contributed by atoms with Gasteiger partial charge >= 0.3 is 0 Å². The first-order valence-electron chi connectivity index (χ1n) is 8.59. The van der Waals surface area contributed by atoms with Gasteiger partial charge in [0.1, 0.15) is 5.69 Å². The van der Waals surface area contributed by atoms with Gasteiger partial charge in [-0.1, -0.05) is 12.1 Å². The first-order valence-corrected chi connectivity index (χ1v) is 9.47. The van der Waals surface area contributed by atoms with Crippen LogP contribution in [0.2, 0.25) is 0 Å². The molecule has 6 nitrogen and oxygen atoms in total. The summed E-state index contributed by atoms with van der Waals surface area (Å²) >= 11 is 1.48. The third-order valence-electron chi connectivity index (χ3n) is 4.33. The highest BCUT2D eigenvalue weighted by atomic mass is 32.1. The molecule has 2 heterocycles. The van der Waals surface area contributed by atoms with Crippen LogP contribution in [-0.4, -0.2) is 60.5 Å². The maximum Gasteiger partial charge on any atom is 0.275 e. The molecule has 3 rings (SSSR count). The molecule has 0 aliphatic carbocycles. The molecule has 1 fully saturated rings. The van der Waals surface area contributed by atoms with Crippen LogP contribution < -0.4 is 11.1 Å². The Hall–Kier alpha value is -1.80. The molecule has 25 heavy (non-hydrogen) atoms. The summed E-state index contributed by atoms with van der Waals surface area (Å²) in [5.41, 5.74) is 8.01. The van der Waals surface area contributed by atoms with Gasteiger partial charge in [0, 0.05) is 50.2 Å². The van der Waals surface area contributed by atoms with Gasteiger partial charge in [0.25, 0.3) is 5.91 Å². The van der Waals surface area contributed by atoms with Crippen LogP contribution in [-0.2, 0) is 13.0 Å². The molecule has 1 amide bonds. The normalized spacial score (nSPS) is 16.1. The lowest BCUT2D eigenvalue weighted by molar-refractivity contribution is 0.102. The maximum absolute atomic E-state index is 12.4. The number of hydrogen-bond donors (Lipinski definition) is 2. The summed E-state index contributed by atoms with van der Waals surface area (Å²) in [6.07, 6.45) is 0.707. The van der Waals surface area contributed by atoms with E-state index in [-0.39, 0.29) is 5.91 Å². The fraction of sp³-hybridized carbons (Fsp3) is 0.444. The Kier molecular flexibility index (Phi) is 6.14. The molecule has 7 heteroatoms. The fourth-order valence-electron chi connectivity index (χ4n) is 2.86. The molecule has 1 aliphatic rings. The van der Waals surface area contributed by atoms with Gasteiger partial charge in [-0.15, -0.1) is 11.3 Å². The van der Waals surface area contributed by atoms with Crippen LogP contribution in [0.4, 0.5) is 5.69 Å². The number of likely N-dealkylation sites (N-methyl/N-ethyl adjacent to an activating group) is 1. The van der Waals surface area contributed by atoms with Gasteiger partial charge in [-0.2, -0.15) is 0 Å². The third kappa shape index (κ3) is 5.09. The van der Waals surface area contributed by atoms with E-state index >= 15 is 0 Å². The standard InChI is InChI=1S/C18H25N5OS/c1-22-7-9-23(10-8-22)12-14-3-2-4-15(11-14)20-18(24)16-13-25-17(21-16)5-6-19/h2-4,11,13H,5-10,12,19H2,1H3,(H,20,24). The number of nitrogens with zero attached hydrogens (tertiary/aromatic N) is 3. The van der Waals surface area contributed by atoms with Gasteiger partial charge in [-0.3, -0.25) is 9.69 Å². The van der Waals surface area contributed by atoms with Crippen LogP contribution in [0.5, 0.6) is 0 Å². The molecule has 1 aromatic heterocycles. The smallest absolute Gasteiger partial charge is 0.275 e. The summed E-state index contributed by atoms with van der Waals surface area (Å²) in [6, 6.07) is 8.06. The minimum Gasteiger partial charge on any atom is -0.330 e. The number of hydrogen-bond acceptors (Lipinski definition) is 6. The van der Waals surface area contributed by atoms with E-state index in [2.05, 4.69) is 33.2 Å². The first-order chi connectivity index (χ1) is 12.1. The number of carbonyl (C=O) groups is 1. The number of thiazole rings is 1. The maximum atomic E-state index is 12.4. The Bertz CT molecular complexity index is 709. The lowest BCUT2D eigenvalue weighted by Gasteiger charge is -2.32. The molecule has 0 atom stereocenters. The zero-order chi connectivity index (χ0) is 17.6. The van der Waals surface area contributed by atoms with Crippen molar-refractivity contribution in [2.24, 2.45) is 5.73 Å². The van der Waals surface area contributed by atoms with E-state index in [9.17, 15) is 4.79 Å². The summed E-state index contributed by atoms with van der Waals surface area (Å²) in [7, 11) is 2.16. The summed E-state index contributed by atoms with van der Waals surface area (Å²) in [5.74, 6) is -0.170. The predicted octanol–water partition coefficient (Wildman–Crippen LogP) is 1.64. The van der Waals surface area contributed by atoms with Crippen molar-refractivity contribution in [1.29, 1.82) is 0 Å². The number of aromatic nitrogens is 1. The Morgan fingerprint density at radius 3 is 2.88 bits per heavy atom. The summed E-state index contributed by atoms with van der Waals surface area (Å²) < 4.78 is 0. The summed E-state index contributed by atoms with van der Waals surface area (Å²) in [5, 5.41) is 5.63. The molecule has 0 saturated carbocycles. The van der Waals surface area contributed by atoms with Crippen LogP contribution in [0.15, 0.2) is 29.6 Å². The van der Waals surface area contributed by atoms with Crippen molar-refractivity contribution in [1.82, 2.24) is 14.8 Å². The number of amides is 1. The van der Waals surface area contributed by atoms with Gasteiger partial charge in [-0.05, 0) is 31.3 Å². The average Bonchev–Trinajstić information content (AvgIpc) is 3.07. The number of nitrogens with one attached hydrogen (secondary N) is 1. The van der Waals surface area contributed by atoms with Crippen LogP contribution in [0, 0.1) is 0 Å². The third-order valence-corrected chi connectivity index (χ3v) is 5.24. The first kappa shape index (κ1) is 18.0. The molecule has 0 unspecified atom stereocenters. The highest BCUT2D eigenvalue weighted by molar-refractivity contribution is 7.09. The summed E-state index contributed by atoms with van der Waals surface area (Å²) in [4.78, 5) is 21.5. The van der Waals surface area contributed by atoms with E-state index in [1.807, 2.05) is 18.2 Å². The van der Waals surface area contributed by atoms with Crippen LogP contribution in [0.1, 0.15) is 21.1 Å². The fourth-order valence-corrected chi connectivity index (χ4v) is 3.65. The van der Waals surface area contributed by atoms with Gasteiger partial charge in [-0.25, -0.2) is 4.98 Å². The average molecular weight is 359 g/mol. The molecule has 3 N–H and O–H groups in total. The minimum absolute atomic E-state index is 0.170. The zero-order valence-electron chi connectivity index (χ0n) is 14.6. The molecule has 0 spiro atoms. The molecule has 1 aromatic carbocycles. The number of carbonyl (C=O) groups excluding carboxylic acids is 1. The molecular formula is C18H25N5OS. The molecule has 2 aromatic rings. The van der Waals surface area contributed by atoms with E-state index in [4.69, 9.17) is 5.73 Å². The Morgan fingerprint density at radius 1 is 1.32 bits per heavy atom. The number of piperazine rings is 1. The highest BCUT2D eigenvalue weighted by Gasteiger charge is 2.15. The van der Waals surface area contributed by atoms with Crippen molar-refractivity contribution < 1.29 is 4.79 Å². The van der Waals surface area contributed by atoms with E-state index in [0.717, 1.165) is 43.4 Å². The molecule has 1 saturated heterocycles. The highest BCUT2D eigenvalue weighted by Crippen LogP contribution is 2.16. The van der Waals surface area contributed by atoms with Crippen molar-refractivity contribution in [2.45, 2.75) is 13.0 Å². The second-order valence-electron chi connectivity index (χ2n) is 6.40. The molecule has 1 aliphatic heterocycles. The second kappa shape index (κ2) is 8.53. The van der Waals surface area contributed by atoms with Gasteiger partial charge in [0.2, 0.25) is 0 Å². The molecular weight excluding hydrogens is 334 g/mol. The Balaban J connectivity index is 1.59. The van der Waals surface area contributed by atoms with E-state index in [0.29, 0.717) is 18.7 Å². The van der Waals surface area contributed by atoms with E-state index in [1.165, 1.54) is 16.9 Å². The lowest BCUT2D eigenvalue weighted by Crippen LogP contribution is -2.43. The number of anilines is 1. The Morgan fingerprint density at radius 2 is 2.12 bits per heavy atom. The van der Waals surface area contributed by atoms with Crippen LogP contribution in [0.3, 0.4) is 0 Å². The zero-order valence-corrected chi connectivity index (χ0v) is 15.4.